The van der Waals surface area contributed by atoms with Gasteiger partial charge in [0.15, 0.2) is 0 Å². The van der Waals surface area contributed by atoms with E-state index in [1.54, 1.807) is 6.07 Å². The minimum atomic E-state index is -4.56. The van der Waals surface area contributed by atoms with Crippen LogP contribution in [0, 0.1) is 6.92 Å². The maximum Gasteiger partial charge on any atom is 0.417 e. The zero-order chi connectivity index (χ0) is 32.4. The van der Waals surface area contributed by atoms with Gasteiger partial charge in [-0.05, 0) is 77.2 Å². The van der Waals surface area contributed by atoms with E-state index in [2.05, 4.69) is 0 Å². The number of hydrogen-bond acceptors (Lipinski definition) is 2. The summed E-state index contributed by atoms with van der Waals surface area (Å²) >= 11 is 0. The molecule has 0 aliphatic heterocycles. The van der Waals surface area contributed by atoms with Crippen LogP contribution in [0.2, 0.25) is 0 Å². The van der Waals surface area contributed by atoms with E-state index < -0.39 is 11.7 Å². The van der Waals surface area contributed by atoms with Crippen molar-refractivity contribution < 1.29 is 13.2 Å². The normalized spacial score (nSPS) is 11.4. The first-order valence-electron chi connectivity index (χ1n) is 15.3. The van der Waals surface area contributed by atoms with Gasteiger partial charge >= 0.3 is 6.18 Å². The molecular formula is C42H29F3N2. The molecule has 0 bridgehead atoms. The second-order valence-electron chi connectivity index (χ2n) is 11.3. The van der Waals surface area contributed by atoms with Crippen LogP contribution in [-0.2, 0) is 6.18 Å². The summed E-state index contributed by atoms with van der Waals surface area (Å²) in [5.74, 6) is 0. The first kappa shape index (κ1) is 29.9. The standard InChI is InChI=1S/C42H29F3N2/c1-28-14-8-9-19-31(28)33-26-36(41-25-13-23-39(47-41)30-17-6-3-7-18-30)34(32-20-10-11-21-37(32)42(43,44)45)27-35(33)40-24-12-22-38(46-40)29-15-4-2-5-16-29/h2-27H,1H3. The fourth-order valence-corrected chi connectivity index (χ4v) is 6.02. The molecule has 0 aliphatic carbocycles. The molecule has 0 amide bonds. The Morgan fingerprint density at radius 1 is 0.383 bits per heavy atom. The van der Waals surface area contributed by atoms with E-state index in [0.717, 1.165) is 50.8 Å². The molecule has 0 atom stereocenters. The Hall–Kier alpha value is -5.81. The third kappa shape index (κ3) is 6.08. The van der Waals surface area contributed by atoms with Crippen molar-refractivity contribution in [2.45, 2.75) is 13.1 Å². The van der Waals surface area contributed by atoms with Crippen LogP contribution < -0.4 is 0 Å². The smallest absolute Gasteiger partial charge is 0.248 e. The third-order valence-corrected chi connectivity index (χ3v) is 8.30. The second-order valence-corrected chi connectivity index (χ2v) is 11.3. The van der Waals surface area contributed by atoms with Crippen LogP contribution >= 0.6 is 0 Å². The van der Waals surface area contributed by atoms with Crippen LogP contribution in [0.25, 0.3) is 67.3 Å². The van der Waals surface area contributed by atoms with Crippen LogP contribution in [0.5, 0.6) is 0 Å². The highest BCUT2D eigenvalue weighted by Gasteiger charge is 2.34. The van der Waals surface area contributed by atoms with Crippen molar-refractivity contribution in [3.05, 3.63) is 169 Å². The van der Waals surface area contributed by atoms with Gasteiger partial charge in [0.25, 0.3) is 0 Å². The average molecular weight is 619 g/mol. The lowest BCUT2D eigenvalue weighted by molar-refractivity contribution is -0.137. The zero-order valence-electron chi connectivity index (χ0n) is 25.5. The molecule has 0 saturated carbocycles. The van der Waals surface area contributed by atoms with Crippen molar-refractivity contribution in [3.8, 4) is 67.3 Å². The van der Waals surface area contributed by atoms with Crippen molar-refractivity contribution in [1.82, 2.24) is 9.97 Å². The summed E-state index contributed by atoms with van der Waals surface area (Å²) in [6, 6.07) is 48.7. The molecule has 5 aromatic carbocycles. The highest BCUT2D eigenvalue weighted by atomic mass is 19.4. The largest absolute Gasteiger partial charge is 0.417 e. The third-order valence-electron chi connectivity index (χ3n) is 8.30. The molecule has 2 heterocycles. The van der Waals surface area contributed by atoms with Gasteiger partial charge in [0, 0.05) is 22.3 Å². The molecule has 228 valence electrons. The van der Waals surface area contributed by atoms with Crippen LogP contribution in [0.3, 0.4) is 0 Å². The van der Waals surface area contributed by atoms with E-state index >= 15 is 0 Å². The molecule has 0 radical (unpaired) electrons. The van der Waals surface area contributed by atoms with Gasteiger partial charge in [-0.2, -0.15) is 13.2 Å². The summed E-state index contributed by atoms with van der Waals surface area (Å²) in [5.41, 5.74) is 8.60. The molecule has 47 heavy (non-hydrogen) atoms. The van der Waals surface area contributed by atoms with Gasteiger partial charge < -0.3 is 0 Å². The van der Waals surface area contributed by atoms with E-state index in [9.17, 15) is 13.2 Å². The van der Waals surface area contributed by atoms with Gasteiger partial charge in [0.2, 0.25) is 0 Å². The number of aryl methyl sites for hydroxylation is 1. The topological polar surface area (TPSA) is 25.8 Å². The molecule has 0 spiro atoms. The molecule has 0 unspecified atom stereocenters. The number of hydrogen-bond donors (Lipinski definition) is 0. The number of benzene rings is 5. The molecular weight excluding hydrogens is 589 g/mol. The summed E-state index contributed by atoms with van der Waals surface area (Å²) in [7, 11) is 0. The first-order chi connectivity index (χ1) is 22.9. The van der Waals surface area contributed by atoms with Crippen LogP contribution in [-0.4, -0.2) is 9.97 Å². The van der Waals surface area contributed by atoms with Crippen molar-refractivity contribution in [2.24, 2.45) is 0 Å². The van der Waals surface area contributed by atoms with Gasteiger partial charge in [-0.15, -0.1) is 0 Å². The summed E-state index contributed by atoms with van der Waals surface area (Å²) in [4.78, 5) is 10.1. The highest BCUT2D eigenvalue weighted by Crippen LogP contribution is 2.46. The Labute approximate surface area is 271 Å². The van der Waals surface area contributed by atoms with Gasteiger partial charge in [0.1, 0.15) is 0 Å². The molecule has 2 nitrogen and oxygen atoms in total. The Bertz CT molecular complexity index is 2190. The number of alkyl halides is 3. The fraction of sp³-hybridized carbons (Fsp3) is 0.0476. The van der Waals surface area contributed by atoms with Crippen molar-refractivity contribution in [1.29, 1.82) is 0 Å². The molecule has 0 fully saturated rings. The Morgan fingerprint density at radius 3 is 1.32 bits per heavy atom. The van der Waals surface area contributed by atoms with Crippen LogP contribution in [0.1, 0.15) is 11.1 Å². The van der Waals surface area contributed by atoms with Crippen molar-refractivity contribution in [2.75, 3.05) is 0 Å². The van der Waals surface area contributed by atoms with Gasteiger partial charge in [-0.1, -0.05) is 115 Å². The fourth-order valence-electron chi connectivity index (χ4n) is 6.02. The SMILES string of the molecule is Cc1ccccc1-c1cc(-c2cccc(-c3ccccc3)n2)c(-c2ccccc2C(F)(F)F)cc1-c1cccc(-c2ccccc2)n1. The van der Waals surface area contributed by atoms with Gasteiger partial charge in [-0.3, -0.25) is 0 Å². The summed E-state index contributed by atoms with van der Waals surface area (Å²) in [5, 5.41) is 0. The molecule has 0 saturated heterocycles. The average Bonchev–Trinajstić information content (AvgIpc) is 3.12. The molecule has 7 aromatic rings. The lowest BCUT2D eigenvalue weighted by atomic mass is 9.85. The number of pyridine rings is 2. The summed E-state index contributed by atoms with van der Waals surface area (Å²) < 4.78 is 43.8. The minimum Gasteiger partial charge on any atom is -0.248 e. The molecule has 0 N–H and O–H groups in total. The van der Waals surface area contributed by atoms with Crippen molar-refractivity contribution in [3.63, 3.8) is 0 Å². The van der Waals surface area contributed by atoms with Gasteiger partial charge in [0.05, 0.1) is 28.3 Å². The Kier molecular flexibility index (Phi) is 7.96. The quantitative estimate of drug-likeness (QED) is 0.185. The molecule has 5 heteroatoms. The van der Waals surface area contributed by atoms with E-state index in [4.69, 9.17) is 9.97 Å². The Balaban J connectivity index is 1.56. The lowest BCUT2D eigenvalue weighted by Crippen LogP contribution is -2.07. The Morgan fingerprint density at radius 2 is 0.809 bits per heavy atom. The van der Waals surface area contributed by atoms with E-state index in [1.165, 1.54) is 12.1 Å². The lowest BCUT2D eigenvalue weighted by Gasteiger charge is -2.21. The van der Waals surface area contributed by atoms with Gasteiger partial charge in [-0.25, -0.2) is 9.97 Å². The maximum absolute atomic E-state index is 14.6. The second kappa shape index (κ2) is 12.5. The van der Waals surface area contributed by atoms with E-state index in [0.29, 0.717) is 22.5 Å². The van der Waals surface area contributed by atoms with Crippen LogP contribution in [0.15, 0.2) is 158 Å². The first-order valence-corrected chi connectivity index (χ1v) is 15.3. The highest BCUT2D eigenvalue weighted by molar-refractivity contribution is 5.95. The predicted molar refractivity (Wildman–Crippen MR) is 184 cm³/mol. The molecule has 0 aliphatic rings. The van der Waals surface area contributed by atoms with Crippen molar-refractivity contribution >= 4 is 0 Å². The van der Waals surface area contributed by atoms with E-state index in [-0.39, 0.29) is 5.56 Å². The number of halogens is 3. The zero-order valence-corrected chi connectivity index (χ0v) is 25.5. The number of rotatable bonds is 6. The maximum atomic E-state index is 14.6. The van der Waals surface area contributed by atoms with E-state index in [1.807, 2.05) is 140 Å². The van der Waals surface area contributed by atoms with Crippen LogP contribution in [0.4, 0.5) is 13.2 Å². The summed E-state index contributed by atoms with van der Waals surface area (Å²) in [6.45, 7) is 2.04. The summed E-state index contributed by atoms with van der Waals surface area (Å²) in [6.07, 6.45) is -4.56. The minimum absolute atomic E-state index is 0.0821. The number of aromatic nitrogens is 2. The predicted octanol–water partition coefficient (Wildman–Crippen LogP) is 11.8. The number of nitrogens with zero attached hydrogens (tertiary/aromatic N) is 2. The monoisotopic (exact) mass is 618 g/mol. The molecule has 2 aromatic heterocycles. The molecule has 7 rings (SSSR count).